The molecule has 1 aliphatic heterocycles. The third-order valence-electron chi connectivity index (χ3n) is 7.97. The molecule has 2 N–H and O–H groups in total. The van der Waals surface area contributed by atoms with Crippen LogP contribution in [0.15, 0.2) is 36.0 Å². The van der Waals surface area contributed by atoms with Crippen LogP contribution in [0.5, 0.6) is 0 Å². The predicted octanol–water partition coefficient (Wildman–Crippen LogP) is 3.17. The number of ketones is 1. The van der Waals surface area contributed by atoms with Gasteiger partial charge < -0.3 is 9.84 Å². The molecular weight excluding hydrogens is 460 g/mol. The quantitative estimate of drug-likeness (QED) is 0.156. The van der Waals surface area contributed by atoms with Crippen LogP contribution in [0.3, 0.4) is 0 Å². The van der Waals surface area contributed by atoms with Crippen molar-refractivity contribution in [2.45, 2.75) is 64.9 Å². The molecule has 7 atom stereocenters. The second-order valence-electron chi connectivity index (χ2n) is 10.4. The molecule has 3 aliphatic rings. The number of Topliss-reactive ketones (excluding diaryl/α,β-unsaturated/α-hetero) is 1. The lowest BCUT2D eigenvalue weighted by atomic mass is 9.55. The Labute approximate surface area is 212 Å². The van der Waals surface area contributed by atoms with Crippen molar-refractivity contribution in [2.24, 2.45) is 35.5 Å². The number of hydrogen-bond acceptors (Lipinski definition) is 7. The largest absolute Gasteiger partial charge is 0.450 e. The van der Waals surface area contributed by atoms with Gasteiger partial charge in [-0.15, -0.1) is 6.58 Å². The molecule has 8 heteroatoms. The van der Waals surface area contributed by atoms with E-state index in [9.17, 15) is 24.3 Å². The maximum Gasteiger partial charge on any atom is 0.310 e. The average Bonchev–Trinajstić information content (AvgIpc) is 3.13. The molecule has 3 rings (SSSR count). The number of allylic oxidation sites excluding steroid dienone is 2. The number of nitrogens with zero attached hydrogens (tertiary/aromatic N) is 1. The number of rotatable bonds is 10. The van der Waals surface area contributed by atoms with Crippen molar-refractivity contribution < 1.29 is 29.0 Å². The lowest BCUT2D eigenvalue weighted by molar-refractivity contribution is -0.159. The summed E-state index contributed by atoms with van der Waals surface area (Å²) in [7, 11) is 0. The van der Waals surface area contributed by atoms with Crippen LogP contribution in [0.2, 0.25) is 0 Å². The van der Waals surface area contributed by atoms with Gasteiger partial charge in [0.05, 0.1) is 17.1 Å². The van der Waals surface area contributed by atoms with Gasteiger partial charge in [-0.1, -0.05) is 58.3 Å². The summed E-state index contributed by atoms with van der Waals surface area (Å²) in [5, 5.41) is 22.7. The lowest BCUT2D eigenvalue weighted by Gasteiger charge is -2.51. The van der Waals surface area contributed by atoms with E-state index in [2.05, 4.69) is 18.8 Å². The number of fused-ring (bicyclic) bond motifs is 1. The van der Waals surface area contributed by atoms with Crippen molar-refractivity contribution in [1.29, 1.82) is 5.26 Å². The van der Waals surface area contributed by atoms with Gasteiger partial charge in [0.1, 0.15) is 6.07 Å². The molecule has 0 aromatic rings. The fourth-order valence-corrected chi connectivity index (χ4v) is 6.34. The molecule has 0 radical (unpaired) electrons. The smallest absolute Gasteiger partial charge is 0.310 e. The number of amides is 2. The zero-order valence-corrected chi connectivity index (χ0v) is 21.3. The first-order chi connectivity index (χ1) is 17.1. The molecule has 8 nitrogen and oxygen atoms in total. The van der Waals surface area contributed by atoms with E-state index >= 15 is 0 Å². The van der Waals surface area contributed by atoms with Gasteiger partial charge in [-0.25, -0.2) is 0 Å². The highest BCUT2D eigenvalue weighted by Crippen LogP contribution is 2.51. The lowest BCUT2D eigenvalue weighted by Crippen LogP contribution is -2.55. The molecule has 7 unspecified atom stereocenters. The molecule has 194 valence electrons. The molecule has 36 heavy (non-hydrogen) atoms. The Hall–Kier alpha value is -3.05. The summed E-state index contributed by atoms with van der Waals surface area (Å²) in [6, 6.07) is 1.77. The number of nitrogens with one attached hydrogen (secondary N) is 1. The van der Waals surface area contributed by atoms with Crippen LogP contribution < -0.4 is 5.32 Å². The summed E-state index contributed by atoms with van der Waals surface area (Å²) >= 11 is 0. The van der Waals surface area contributed by atoms with Crippen molar-refractivity contribution in [3.05, 3.63) is 36.0 Å². The first-order valence-corrected chi connectivity index (χ1v) is 12.8. The highest BCUT2D eigenvalue weighted by molar-refractivity contribution is 6.33. The Morgan fingerprint density at radius 3 is 2.69 bits per heavy atom. The van der Waals surface area contributed by atoms with E-state index in [0.717, 1.165) is 19.3 Å². The van der Waals surface area contributed by atoms with Gasteiger partial charge in [0.2, 0.25) is 0 Å². The van der Waals surface area contributed by atoms with Crippen LogP contribution in [-0.4, -0.2) is 40.9 Å². The molecule has 0 saturated heterocycles. The number of nitriles is 1. The second kappa shape index (κ2) is 11.3. The third-order valence-corrected chi connectivity index (χ3v) is 7.97. The number of aliphatic hydroxyl groups is 1. The molecule has 0 bridgehead atoms. The molecule has 0 aromatic heterocycles. The van der Waals surface area contributed by atoms with Gasteiger partial charge in [-0.2, -0.15) is 5.26 Å². The van der Waals surface area contributed by atoms with E-state index in [0.29, 0.717) is 12.8 Å². The third kappa shape index (κ3) is 5.22. The van der Waals surface area contributed by atoms with Crippen LogP contribution in [0.1, 0.15) is 59.3 Å². The Morgan fingerprint density at radius 1 is 1.33 bits per heavy atom. The minimum absolute atomic E-state index is 0.0581. The fourth-order valence-electron chi connectivity index (χ4n) is 6.34. The van der Waals surface area contributed by atoms with Crippen LogP contribution in [-0.2, 0) is 23.9 Å². The maximum absolute atomic E-state index is 14.0. The number of carbonyl (C=O) groups is 4. The second-order valence-corrected chi connectivity index (χ2v) is 10.4. The SMILES string of the molecule is C=CC(CCCCC)C1=C(C(=O)C2C(C)C=CC3(O)CC(C(=O)OCC#N)CC(C)C23)C(=O)NC1=O. The zero-order valence-electron chi connectivity index (χ0n) is 21.3. The Kier molecular flexibility index (Phi) is 8.67. The van der Waals surface area contributed by atoms with E-state index in [1.165, 1.54) is 0 Å². The Morgan fingerprint density at radius 2 is 2.06 bits per heavy atom. The predicted molar refractivity (Wildman–Crippen MR) is 132 cm³/mol. The highest BCUT2D eigenvalue weighted by atomic mass is 16.5. The molecule has 1 saturated carbocycles. The number of unbranched alkanes of at least 4 members (excludes halogenated alkanes) is 2. The zero-order chi connectivity index (χ0) is 26.6. The molecule has 1 fully saturated rings. The normalized spacial score (nSPS) is 32.4. The van der Waals surface area contributed by atoms with Crippen molar-refractivity contribution in [3.63, 3.8) is 0 Å². The highest BCUT2D eigenvalue weighted by Gasteiger charge is 2.56. The summed E-state index contributed by atoms with van der Waals surface area (Å²) < 4.78 is 4.99. The van der Waals surface area contributed by atoms with Gasteiger partial charge in [-0.3, -0.25) is 24.5 Å². The number of esters is 1. The Bertz CT molecular complexity index is 1040. The van der Waals surface area contributed by atoms with Crippen LogP contribution >= 0.6 is 0 Å². The van der Waals surface area contributed by atoms with Crippen LogP contribution in [0.4, 0.5) is 0 Å². The summed E-state index contributed by atoms with van der Waals surface area (Å²) in [6.07, 6.45) is 8.87. The molecule has 1 heterocycles. The van der Waals surface area contributed by atoms with Crippen molar-refractivity contribution in [1.82, 2.24) is 5.32 Å². The monoisotopic (exact) mass is 496 g/mol. The van der Waals surface area contributed by atoms with Gasteiger partial charge in [0.25, 0.3) is 11.8 Å². The maximum atomic E-state index is 14.0. The standard InChI is InChI=1S/C28H36N2O6/c1-5-7-8-9-18(6-2)21-22(26(33)30-25(21)32)24(31)20-16(3)10-11-28(35)15-19(14-17(4)23(20)28)27(34)36-13-12-29/h6,10-11,16-20,23,35H,2,5,7-9,13-15H2,1,3-4H3,(H,30,32,33). The summed E-state index contributed by atoms with van der Waals surface area (Å²) in [4.78, 5) is 52.2. The number of imide groups is 1. The summed E-state index contributed by atoms with van der Waals surface area (Å²) in [6.45, 7) is 9.29. The van der Waals surface area contributed by atoms with Crippen LogP contribution in [0.25, 0.3) is 0 Å². The van der Waals surface area contributed by atoms with Gasteiger partial charge >= 0.3 is 5.97 Å². The van der Waals surface area contributed by atoms with E-state index < -0.39 is 52.8 Å². The summed E-state index contributed by atoms with van der Waals surface area (Å²) in [5.41, 5.74) is -1.42. The van der Waals surface area contributed by atoms with Crippen molar-refractivity contribution in [3.8, 4) is 6.07 Å². The topological polar surface area (TPSA) is 134 Å². The minimum atomic E-state index is -1.46. The molecule has 0 spiro atoms. The fraction of sp³-hybridized carbons (Fsp3) is 0.607. The molecule has 2 aliphatic carbocycles. The summed E-state index contributed by atoms with van der Waals surface area (Å²) in [5.74, 6) is -5.12. The first kappa shape index (κ1) is 27.5. The molecule has 2 amide bonds. The van der Waals surface area contributed by atoms with Crippen molar-refractivity contribution in [2.75, 3.05) is 6.61 Å². The Balaban J connectivity index is 1.97. The van der Waals surface area contributed by atoms with Gasteiger partial charge in [0.15, 0.2) is 12.4 Å². The van der Waals surface area contributed by atoms with Crippen LogP contribution in [0, 0.1) is 46.8 Å². The van der Waals surface area contributed by atoms with Gasteiger partial charge in [-0.05, 0) is 31.1 Å². The minimum Gasteiger partial charge on any atom is -0.450 e. The van der Waals surface area contributed by atoms with E-state index in [1.807, 2.05) is 13.8 Å². The number of carbonyl (C=O) groups excluding carboxylic acids is 4. The molecular formula is C28H36N2O6. The first-order valence-electron chi connectivity index (χ1n) is 12.8. The van der Waals surface area contributed by atoms with Crippen molar-refractivity contribution >= 4 is 23.6 Å². The number of ether oxygens (including phenoxy) is 1. The van der Waals surface area contributed by atoms with Gasteiger partial charge in [0, 0.05) is 23.3 Å². The van der Waals surface area contributed by atoms with E-state index in [4.69, 9.17) is 10.00 Å². The number of hydrogen-bond donors (Lipinski definition) is 2. The van der Waals surface area contributed by atoms with E-state index in [-0.39, 0.29) is 36.0 Å². The molecule has 0 aromatic carbocycles. The van der Waals surface area contributed by atoms with E-state index in [1.54, 1.807) is 24.3 Å². The average molecular weight is 497 g/mol.